The summed E-state index contributed by atoms with van der Waals surface area (Å²) in [6.07, 6.45) is 3.42. The molecule has 110 valence electrons. The molecule has 0 aromatic heterocycles. The quantitative estimate of drug-likeness (QED) is 0.870. The molecule has 1 aromatic carbocycles. The molecular formula is C16H20N4O. The van der Waals surface area contributed by atoms with E-state index >= 15 is 0 Å². The lowest BCUT2D eigenvalue weighted by atomic mass is 10.1. The largest absolute Gasteiger partial charge is 0.361 e. The molecule has 1 amide bonds. The van der Waals surface area contributed by atoms with Gasteiger partial charge in [-0.1, -0.05) is 6.07 Å². The fourth-order valence-corrected chi connectivity index (χ4v) is 2.62. The molecule has 0 radical (unpaired) electrons. The summed E-state index contributed by atoms with van der Waals surface area (Å²) in [4.78, 5) is 13.7. The molecule has 3 rings (SSSR count). The van der Waals surface area contributed by atoms with Gasteiger partial charge in [0.25, 0.3) is 0 Å². The van der Waals surface area contributed by atoms with Crippen molar-refractivity contribution in [1.82, 2.24) is 10.6 Å². The number of carbonyl (C=O) groups excluding carboxylic acids is 1. The summed E-state index contributed by atoms with van der Waals surface area (Å²) in [7, 11) is 0. The van der Waals surface area contributed by atoms with Crippen molar-refractivity contribution in [3.8, 4) is 6.07 Å². The van der Waals surface area contributed by atoms with E-state index in [0.717, 1.165) is 30.8 Å². The Morgan fingerprint density at radius 2 is 2.29 bits per heavy atom. The normalized spacial score (nSPS) is 18.8. The van der Waals surface area contributed by atoms with Crippen molar-refractivity contribution in [3.05, 3.63) is 29.3 Å². The van der Waals surface area contributed by atoms with Gasteiger partial charge in [-0.15, -0.1) is 0 Å². The Hall–Kier alpha value is -2.06. The molecule has 1 aromatic rings. The molecule has 1 aliphatic heterocycles. The second-order valence-electron chi connectivity index (χ2n) is 5.74. The summed E-state index contributed by atoms with van der Waals surface area (Å²) in [6.45, 7) is 2.64. The minimum atomic E-state index is 0.0240. The van der Waals surface area contributed by atoms with Gasteiger partial charge in [-0.3, -0.25) is 4.79 Å². The van der Waals surface area contributed by atoms with E-state index in [4.69, 9.17) is 0 Å². The average molecular weight is 284 g/mol. The van der Waals surface area contributed by atoms with Crippen molar-refractivity contribution in [3.63, 3.8) is 0 Å². The van der Waals surface area contributed by atoms with Gasteiger partial charge in [0.05, 0.1) is 17.8 Å². The number of carbonyl (C=O) groups is 1. The first-order chi connectivity index (χ1) is 10.3. The number of nitrogens with one attached hydrogen (secondary N) is 2. The van der Waals surface area contributed by atoms with Crippen LogP contribution in [0.25, 0.3) is 0 Å². The highest BCUT2D eigenvalue weighted by atomic mass is 16.2. The van der Waals surface area contributed by atoms with Crippen LogP contribution in [0.2, 0.25) is 0 Å². The first-order valence-electron chi connectivity index (χ1n) is 7.54. The Morgan fingerprint density at radius 3 is 3.05 bits per heavy atom. The first-order valence-corrected chi connectivity index (χ1v) is 7.54. The van der Waals surface area contributed by atoms with Crippen molar-refractivity contribution in [2.45, 2.75) is 31.8 Å². The van der Waals surface area contributed by atoms with Gasteiger partial charge >= 0.3 is 0 Å². The third kappa shape index (κ3) is 3.53. The van der Waals surface area contributed by atoms with Crippen LogP contribution in [0.15, 0.2) is 18.2 Å². The Bertz CT molecular complexity index is 574. The molecule has 1 heterocycles. The van der Waals surface area contributed by atoms with Gasteiger partial charge in [0.1, 0.15) is 6.07 Å². The van der Waals surface area contributed by atoms with E-state index in [9.17, 15) is 10.1 Å². The van der Waals surface area contributed by atoms with Gasteiger partial charge in [-0.2, -0.15) is 5.26 Å². The van der Waals surface area contributed by atoms with Gasteiger partial charge in [0.2, 0.25) is 5.91 Å². The van der Waals surface area contributed by atoms with Crippen molar-refractivity contribution in [1.29, 1.82) is 5.26 Å². The van der Waals surface area contributed by atoms with Crippen molar-refractivity contribution in [2.75, 3.05) is 24.5 Å². The molecule has 1 saturated carbocycles. The third-order valence-electron chi connectivity index (χ3n) is 3.96. The predicted octanol–water partition coefficient (Wildman–Crippen LogP) is 1.14. The highest BCUT2D eigenvalue weighted by Gasteiger charge is 2.21. The summed E-state index contributed by atoms with van der Waals surface area (Å²) < 4.78 is 0. The van der Waals surface area contributed by atoms with E-state index in [0.29, 0.717) is 24.7 Å². The van der Waals surface area contributed by atoms with E-state index in [1.807, 2.05) is 23.1 Å². The van der Waals surface area contributed by atoms with Crippen LogP contribution in [0, 0.1) is 11.3 Å². The van der Waals surface area contributed by atoms with Crippen LogP contribution in [0.5, 0.6) is 0 Å². The van der Waals surface area contributed by atoms with Crippen molar-refractivity contribution < 1.29 is 4.79 Å². The number of hydrogen-bond acceptors (Lipinski definition) is 4. The summed E-state index contributed by atoms with van der Waals surface area (Å²) in [6, 6.07) is 8.89. The number of hydrogen-bond donors (Lipinski definition) is 2. The van der Waals surface area contributed by atoms with Crippen molar-refractivity contribution in [2.24, 2.45) is 0 Å². The second-order valence-corrected chi connectivity index (χ2v) is 5.74. The Kier molecular flexibility index (Phi) is 4.07. The number of anilines is 1. The van der Waals surface area contributed by atoms with Crippen LogP contribution in [0.1, 0.15) is 30.4 Å². The van der Waals surface area contributed by atoms with Crippen LogP contribution in [0.3, 0.4) is 0 Å². The number of amides is 1. The minimum Gasteiger partial charge on any atom is -0.361 e. The Morgan fingerprint density at radius 1 is 1.43 bits per heavy atom. The van der Waals surface area contributed by atoms with Gasteiger partial charge in [-0.25, -0.2) is 0 Å². The van der Waals surface area contributed by atoms with Crippen LogP contribution in [-0.4, -0.2) is 31.6 Å². The first kappa shape index (κ1) is 13.9. The molecule has 2 fully saturated rings. The molecule has 1 aliphatic carbocycles. The minimum absolute atomic E-state index is 0.0240. The molecule has 1 saturated heterocycles. The standard InChI is InChI=1S/C16H20N4O/c17-9-13-8-12(10-19-14-3-4-14)2-5-15(13)20-7-1-6-18-16(21)11-20/h2,5,8,14,19H,1,3-4,6-7,10-11H2,(H,18,21). The van der Waals surface area contributed by atoms with Gasteiger partial charge in [0.15, 0.2) is 0 Å². The lowest BCUT2D eigenvalue weighted by molar-refractivity contribution is -0.119. The predicted molar refractivity (Wildman–Crippen MR) is 80.9 cm³/mol. The summed E-state index contributed by atoms with van der Waals surface area (Å²) in [5.41, 5.74) is 2.64. The molecule has 0 spiro atoms. The van der Waals surface area contributed by atoms with Gasteiger partial charge in [0, 0.05) is 25.7 Å². The number of nitrogens with zero attached hydrogens (tertiary/aromatic N) is 2. The number of benzene rings is 1. The molecule has 0 unspecified atom stereocenters. The summed E-state index contributed by atoms with van der Waals surface area (Å²) in [5.74, 6) is 0.0240. The molecule has 0 bridgehead atoms. The van der Waals surface area contributed by atoms with E-state index in [1.54, 1.807) is 0 Å². The van der Waals surface area contributed by atoms with E-state index in [1.165, 1.54) is 12.8 Å². The van der Waals surface area contributed by atoms with Gasteiger partial charge in [-0.05, 0) is 37.0 Å². The highest BCUT2D eigenvalue weighted by molar-refractivity contribution is 5.82. The van der Waals surface area contributed by atoms with E-state index in [2.05, 4.69) is 16.7 Å². The van der Waals surface area contributed by atoms with E-state index < -0.39 is 0 Å². The van der Waals surface area contributed by atoms with E-state index in [-0.39, 0.29) is 5.91 Å². The molecule has 5 nitrogen and oxygen atoms in total. The number of nitriles is 1. The fourth-order valence-electron chi connectivity index (χ4n) is 2.62. The molecule has 2 N–H and O–H groups in total. The fraction of sp³-hybridized carbons (Fsp3) is 0.500. The molecule has 2 aliphatic rings. The zero-order chi connectivity index (χ0) is 14.7. The van der Waals surface area contributed by atoms with Gasteiger partial charge < -0.3 is 15.5 Å². The van der Waals surface area contributed by atoms with Crippen LogP contribution >= 0.6 is 0 Å². The molecule has 0 atom stereocenters. The zero-order valence-electron chi connectivity index (χ0n) is 12.1. The van der Waals surface area contributed by atoms with Crippen LogP contribution < -0.4 is 15.5 Å². The van der Waals surface area contributed by atoms with Crippen LogP contribution in [0.4, 0.5) is 5.69 Å². The summed E-state index contributed by atoms with van der Waals surface area (Å²) in [5, 5.41) is 15.7. The zero-order valence-corrected chi connectivity index (χ0v) is 12.1. The Balaban J connectivity index is 1.77. The SMILES string of the molecule is N#Cc1cc(CNC2CC2)ccc1N1CCCNC(=O)C1. The number of rotatable bonds is 4. The maximum atomic E-state index is 11.7. The average Bonchev–Trinajstić information content (AvgIpc) is 3.32. The molecule has 21 heavy (non-hydrogen) atoms. The summed E-state index contributed by atoms with van der Waals surface area (Å²) >= 11 is 0. The lowest BCUT2D eigenvalue weighted by Gasteiger charge is -2.22. The monoisotopic (exact) mass is 284 g/mol. The van der Waals surface area contributed by atoms with Crippen LogP contribution in [-0.2, 0) is 11.3 Å². The van der Waals surface area contributed by atoms with Crippen molar-refractivity contribution >= 4 is 11.6 Å². The Labute approximate surface area is 124 Å². The maximum Gasteiger partial charge on any atom is 0.239 e. The lowest BCUT2D eigenvalue weighted by Crippen LogP contribution is -2.33. The topological polar surface area (TPSA) is 68.2 Å². The maximum absolute atomic E-state index is 11.7. The molecular weight excluding hydrogens is 264 g/mol. The third-order valence-corrected chi connectivity index (χ3v) is 3.96. The smallest absolute Gasteiger partial charge is 0.239 e. The highest BCUT2D eigenvalue weighted by Crippen LogP contribution is 2.24. The molecule has 5 heteroatoms. The second kappa shape index (κ2) is 6.15.